The number of benzene rings is 1. The van der Waals surface area contributed by atoms with Crippen molar-refractivity contribution in [2.75, 3.05) is 5.32 Å². The summed E-state index contributed by atoms with van der Waals surface area (Å²) in [6.45, 7) is 0. The van der Waals surface area contributed by atoms with Crippen LogP contribution in [0.2, 0.25) is 0 Å². The van der Waals surface area contributed by atoms with E-state index in [1.54, 1.807) is 24.7 Å². The quantitative estimate of drug-likeness (QED) is 0.578. The maximum absolute atomic E-state index is 11.1. The van der Waals surface area contributed by atoms with Crippen LogP contribution in [0.5, 0.6) is 0 Å². The third-order valence-corrected chi connectivity index (χ3v) is 2.94. The van der Waals surface area contributed by atoms with Crippen LogP contribution in [0.3, 0.4) is 0 Å². The highest BCUT2D eigenvalue weighted by Crippen LogP contribution is 2.28. The Morgan fingerprint density at radius 1 is 1.30 bits per heavy atom. The van der Waals surface area contributed by atoms with Crippen LogP contribution in [0.15, 0.2) is 49.1 Å². The van der Waals surface area contributed by atoms with Crippen molar-refractivity contribution in [1.29, 1.82) is 5.26 Å². The lowest BCUT2D eigenvalue weighted by Crippen LogP contribution is -2.00. The molecule has 2 heterocycles. The van der Waals surface area contributed by atoms with Crippen LogP contribution < -0.4 is 5.32 Å². The molecule has 0 fully saturated rings. The normalized spacial score (nSPS) is 10.0. The molecular formula is C14H9N7O2. The fourth-order valence-electron chi connectivity index (χ4n) is 1.92. The Kier molecular flexibility index (Phi) is 3.63. The zero-order chi connectivity index (χ0) is 16.2. The summed E-state index contributed by atoms with van der Waals surface area (Å²) in [4.78, 5) is 18.7. The number of hydrogen-bond donors (Lipinski definition) is 1. The number of nitriles is 1. The second-order valence-corrected chi connectivity index (χ2v) is 4.45. The van der Waals surface area contributed by atoms with Crippen molar-refractivity contribution in [2.45, 2.75) is 0 Å². The minimum absolute atomic E-state index is 0.187. The van der Waals surface area contributed by atoms with Crippen LogP contribution in [0.1, 0.15) is 5.56 Å². The number of nitro groups is 1. The van der Waals surface area contributed by atoms with Gasteiger partial charge < -0.3 is 5.32 Å². The molecule has 0 radical (unpaired) electrons. The van der Waals surface area contributed by atoms with Gasteiger partial charge in [0.25, 0.3) is 5.69 Å². The van der Waals surface area contributed by atoms with E-state index in [1.807, 2.05) is 6.07 Å². The van der Waals surface area contributed by atoms with E-state index in [0.29, 0.717) is 11.6 Å². The molecule has 0 unspecified atom stereocenters. The number of aromatic nitrogens is 4. The van der Waals surface area contributed by atoms with E-state index >= 15 is 0 Å². The number of hydrogen-bond acceptors (Lipinski definition) is 7. The van der Waals surface area contributed by atoms with Gasteiger partial charge in [-0.15, -0.1) is 0 Å². The predicted molar refractivity (Wildman–Crippen MR) is 80.2 cm³/mol. The molecule has 23 heavy (non-hydrogen) atoms. The zero-order valence-corrected chi connectivity index (χ0v) is 11.6. The summed E-state index contributed by atoms with van der Waals surface area (Å²) in [6.07, 6.45) is 6.28. The lowest BCUT2D eigenvalue weighted by atomic mass is 10.2. The first kappa shape index (κ1) is 14.2. The number of nitrogens with zero attached hydrogens (tertiary/aromatic N) is 6. The first-order chi connectivity index (χ1) is 11.2. The predicted octanol–water partition coefficient (Wildman–Crippen LogP) is 2.19. The maximum atomic E-state index is 11.1. The SMILES string of the molecule is N#Cc1ccc(Nc2cnn(-c3ncccn3)c2)c([N+](=O)[O-])c1. The molecule has 0 bridgehead atoms. The molecule has 0 atom stereocenters. The van der Waals surface area contributed by atoms with Crippen molar-refractivity contribution in [2.24, 2.45) is 0 Å². The zero-order valence-electron chi connectivity index (χ0n) is 11.6. The molecule has 3 rings (SSSR count). The Balaban J connectivity index is 1.90. The second-order valence-electron chi connectivity index (χ2n) is 4.45. The van der Waals surface area contributed by atoms with Crippen molar-refractivity contribution in [3.8, 4) is 12.0 Å². The number of rotatable bonds is 4. The Hall–Kier alpha value is -3.80. The molecule has 0 aliphatic carbocycles. The Morgan fingerprint density at radius 3 is 2.78 bits per heavy atom. The van der Waals surface area contributed by atoms with Crippen LogP contribution in [0.4, 0.5) is 17.1 Å². The summed E-state index contributed by atoms with van der Waals surface area (Å²) in [5, 5.41) is 27.0. The minimum atomic E-state index is -0.548. The average Bonchev–Trinajstić information content (AvgIpc) is 3.04. The summed E-state index contributed by atoms with van der Waals surface area (Å²) in [5.74, 6) is 0.384. The lowest BCUT2D eigenvalue weighted by molar-refractivity contribution is -0.383. The van der Waals surface area contributed by atoms with Crippen LogP contribution in [0.25, 0.3) is 5.95 Å². The Morgan fingerprint density at radius 2 is 2.09 bits per heavy atom. The van der Waals surface area contributed by atoms with E-state index in [2.05, 4.69) is 20.4 Å². The Labute approximate surface area is 130 Å². The molecule has 1 aromatic carbocycles. The summed E-state index contributed by atoms with van der Waals surface area (Å²) in [7, 11) is 0. The number of nitro benzene ring substituents is 1. The molecule has 0 aliphatic rings. The molecule has 0 amide bonds. The van der Waals surface area contributed by atoms with E-state index in [4.69, 9.17) is 5.26 Å². The fraction of sp³-hybridized carbons (Fsp3) is 0. The molecule has 112 valence electrons. The van der Waals surface area contributed by atoms with Gasteiger partial charge in [-0.05, 0) is 18.2 Å². The third-order valence-electron chi connectivity index (χ3n) is 2.94. The highest BCUT2D eigenvalue weighted by atomic mass is 16.6. The minimum Gasteiger partial charge on any atom is -0.347 e. The fourth-order valence-corrected chi connectivity index (χ4v) is 1.92. The van der Waals surface area contributed by atoms with Gasteiger partial charge in [0.05, 0.1) is 34.6 Å². The summed E-state index contributed by atoms with van der Waals surface area (Å²) >= 11 is 0. The standard InChI is InChI=1S/C14H9N7O2/c15-7-10-2-3-12(13(6-10)21(22)23)19-11-8-18-20(9-11)14-16-4-1-5-17-14/h1-6,8-9,19H. The highest BCUT2D eigenvalue weighted by Gasteiger charge is 2.15. The van der Waals surface area contributed by atoms with Gasteiger partial charge in [0, 0.05) is 18.5 Å². The van der Waals surface area contributed by atoms with E-state index in [0.717, 1.165) is 0 Å². The molecule has 9 nitrogen and oxygen atoms in total. The summed E-state index contributed by atoms with van der Waals surface area (Å²) in [6, 6.07) is 7.76. The van der Waals surface area contributed by atoms with Gasteiger partial charge in [-0.1, -0.05) is 0 Å². The van der Waals surface area contributed by atoms with Crippen molar-refractivity contribution < 1.29 is 4.92 Å². The van der Waals surface area contributed by atoms with Crippen LogP contribution in [-0.4, -0.2) is 24.7 Å². The molecule has 0 aliphatic heterocycles. The Bertz CT molecular complexity index is 899. The van der Waals surface area contributed by atoms with Gasteiger partial charge in [-0.2, -0.15) is 10.4 Å². The summed E-state index contributed by atoms with van der Waals surface area (Å²) < 4.78 is 1.44. The van der Waals surface area contributed by atoms with Crippen LogP contribution in [0, 0.1) is 21.4 Å². The van der Waals surface area contributed by atoms with E-state index in [1.165, 1.54) is 29.1 Å². The van der Waals surface area contributed by atoms with E-state index < -0.39 is 4.92 Å². The number of nitrogens with one attached hydrogen (secondary N) is 1. The average molecular weight is 307 g/mol. The van der Waals surface area contributed by atoms with Gasteiger partial charge in [0.2, 0.25) is 5.95 Å². The first-order valence-electron chi connectivity index (χ1n) is 6.45. The third kappa shape index (κ3) is 2.96. The van der Waals surface area contributed by atoms with Crippen molar-refractivity contribution in [3.05, 3.63) is 64.7 Å². The molecule has 2 aromatic heterocycles. The number of anilines is 2. The van der Waals surface area contributed by atoms with Crippen LogP contribution >= 0.6 is 0 Å². The van der Waals surface area contributed by atoms with E-state index in [-0.39, 0.29) is 16.9 Å². The van der Waals surface area contributed by atoms with Gasteiger partial charge >= 0.3 is 0 Å². The molecule has 0 spiro atoms. The molecule has 9 heteroatoms. The maximum Gasteiger partial charge on any atom is 0.293 e. The van der Waals surface area contributed by atoms with Gasteiger partial charge in [-0.25, -0.2) is 14.6 Å². The molecular weight excluding hydrogens is 298 g/mol. The summed E-state index contributed by atoms with van der Waals surface area (Å²) in [5.41, 5.74) is 0.830. The molecule has 0 saturated carbocycles. The van der Waals surface area contributed by atoms with Gasteiger partial charge in [-0.3, -0.25) is 10.1 Å². The van der Waals surface area contributed by atoms with Crippen molar-refractivity contribution in [3.63, 3.8) is 0 Å². The second kappa shape index (κ2) is 5.90. The first-order valence-corrected chi connectivity index (χ1v) is 6.45. The molecule has 0 saturated heterocycles. The van der Waals surface area contributed by atoms with Crippen molar-refractivity contribution in [1.82, 2.24) is 19.7 Å². The largest absolute Gasteiger partial charge is 0.347 e. The van der Waals surface area contributed by atoms with Gasteiger partial charge in [0.15, 0.2) is 0 Å². The monoisotopic (exact) mass is 307 g/mol. The molecule has 1 N–H and O–H groups in total. The van der Waals surface area contributed by atoms with E-state index in [9.17, 15) is 10.1 Å². The lowest BCUT2D eigenvalue weighted by Gasteiger charge is -2.04. The topological polar surface area (TPSA) is 123 Å². The highest BCUT2D eigenvalue weighted by molar-refractivity contribution is 5.70. The van der Waals surface area contributed by atoms with Gasteiger partial charge in [0.1, 0.15) is 5.69 Å². The molecule has 3 aromatic rings. The smallest absolute Gasteiger partial charge is 0.293 e. The van der Waals surface area contributed by atoms with Crippen LogP contribution in [-0.2, 0) is 0 Å². The van der Waals surface area contributed by atoms with Crippen molar-refractivity contribution >= 4 is 17.1 Å².